The van der Waals surface area contributed by atoms with Gasteiger partial charge in [-0.25, -0.2) is 9.48 Å². The molecule has 37 heavy (non-hydrogen) atoms. The number of methoxy groups -OCH3 is 1. The summed E-state index contributed by atoms with van der Waals surface area (Å²) < 4.78 is 6.93. The zero-order valence-electron chi connectivity index (χ0n) is 21.9. The molecule has 198 valence electrons. The molecule has 3 rings (SSSR count). The van der Waals surface area contributed by atoms with Crippen molar-refractivity contribution in [1.82, 2.24) is 14.7 Å². The van der Waals surface area contributed by atoms with Crippen LogP contribution in [-0.2, 0) is 10.2 Å². The first-order valence-electron chi connectivity index (χ1n) is 11.9. The van der Waals surface area contributed by atoms with E-state index in [0.717, 1.165) is 11.4 Å². The number of urea groups is 1. The Labute approximate surface area is 227 Å². The van der Waals surface area contributed by atoms with Crippen LogP contribution in [0.2, 0.25) is 10.0 Å². The van der Waals surface area contributed by atoms with Crippen molar-refractivity contribution < 1.29 is 14.3 Å². The molecule has 2 N–H and O–H groups in total. The molecule has 0 aliphatic rings. The number of hydrogen-bond donors (Lipinski definition) is 2. The van der Waals surface area contributed by atoms with Crippen molar-refractivity contribution in [2.24, 2.45) is 5.92 Å². The van der Waals surface area contributed by atoms with Gasteiger partial charge in [0.1, 0.15) is 18.1 Å². The summed E-state index contributed by atoms with van der Waals surface area (Å²) in [5, 5.41) is 11.0. The molecular weight excluding hydrogens is 513 g/mol. The van der Waals surface area contributed by atoms with E-state index in [2.05, 4.69) is 10.6 Å². The highest BCUT2D eigenvalue weighted by atomic mass is 35.5. The number of ether oxygens (including phenoxy) is 1. The molecule has 0 spiro atoms. The maximum absolute atomic E-state index is 13.2. The second-order valence-electron chi connectivity index (χ2n) is 10.1. The Balaban J connectivity index is 1.84. The second kappa shape index (κ2) is 11.9. The van der Waals surface area contributed by atoms with Crippen LogP contribution < -0.4 is 15.4 Å². The molecule has 1 aromatic heterocycles. The summed E-state index contributed by atoms with van der Waals surface area (Å²) in [6, 6.07) is 13.7. The molecule has 0 saturated heterocycles. The summed E-state index contributed by atoms with van der Waals surface area (Å²) in [5.41, 5.74) is 1.63. The lowest BCUT2D eigenvalue weighted by molar-refractivity contribution is -0.116. The molecule has 0 aliphatic carbocycles. The van der Waals surface area contributed by atoms with Crippen LogP contribution in [-0.4, -0.2) is 46.8 Å². The van der Waals surface area contributed by atoms with Gasteiger partial charge in [0.05, 0.1) is 34.2 Å². The molecule has 0 radical (unpaired) electrons. The first-order valence-corrected chi connectivity index (χ1v) is 12.7. The number of nitrogens with one attached hydrogen (secondary N) is 2. The van der Waals surface area contributed by atoms with Gasteiger partial charge in [-0.2, -0.15) is 5.10 Å². The van der Waals surface area contributed by atoms with Crippen LogP contribution in [0.25, 0.3) is 5.69 Å². The number of anilines is 2. The van der Waals surface area contributed by atoms with E-state index in [4.69, 9.17) is 33.0 Å². The summed E-state index contributed by atoms with van der Waals surface area (Å²) in [4.78, 5) is 27.7. The maximum Gasteiger partial charge on any atom is 0.322 e. The summed E-state index contributed by atoms with van der Waals surface area (Å²) in [6.07, 6.45) is 0. The highest BCUT2D eigenvalue weighted by Crippen LogP contribution is 2.30. The summed E-state index contributed by atoms with van der Waals surface area (Å²) in [7, 11) is 1.60. The van der Waals surface area contributed by atoms with E-state index in [1.807, 2.05) is 65.0 Å². The lowest BCUT2D eigenvalue weighted by Gasteiger charge is -2.25. The number of para-hydroxylation sites is 1. The number of halogens is 2. The van der Waals surface area contributed by atoms with Crippen LogP contribution in [0.1, 0.15) is 40.3 Å². The quantitative estimate of drug-likeness (QED) is 0.333. The van der Waals surface area contributed by atoms with Crippen LogP contribution in [0.15, 0.2) is 48.5 Å². The maximum atomic E-state index is 13.2. The van der Waals surface area contributed by atoms with Crippen molar-refractivity contribution in [2.45, 2.75) is 40.0 Å². The van der Waals surface area contributed by atoms with Crippen LogP contribution in [0.3, 0.4) is 0 Å². The monoisotopic (exact) mass is 545 g/mol. The highest BCUT2D eigenvalue weighted by molar-refractivity contribution is 6.39. The van der Waals surface area contributed by atoms with E-state index in [1.165, 1.54) is 4.90 Å². The number of rotatable bonds is 8. The van der Waals surface area contributed by atoms with Crippen molar-refractivity contribution in [3.63, 3.8) is 0 Å². The molecule has 0 atom stereocenters. The Hall–Kier alpha value is -3.23. The number of carbonyl (C=O) groups is 2. The molecule has 2 aromatic carbocycles. The minimum atomic E-state index is -0.474. The number of aromatic nitrogens is 2. The molecule has 3 aromatic rings. The number of hydrogen-bond acceptors (Lipinski definition) is 4. The molecule has 0 aliphatic heterocycles. The van der Waals surface area contributed by atoms with Crippen LogP contribution in [0.5, 0.6) is 5.75 Å². The first-order chi connectivity index (χ1) is 17.4. The Morgan fingerprint density at radius 3 is 2.22 bits per heavy atom. The molecule has 1 heterocycles. The van der Waals surface area contributed by atoms with Crippen LogP contribution in [0.4, 0.5) is 16.3 Å². The third-order valence-electron chi connectivity index (χ3n) is 5.46. The van der Waals surface area contributed by atoms with Crippen molar-refractivity contribution >= 4 is 46.6 Å². The van der Waals surface area contributed by atoms with E-state index in [9.17, 15) is 9.59 Å². The van der Waals surface area contributed by atoms with Gasteiger partial charge in [-0.3, -0.25) is 4.79 Å². The second-order valence-corrected chi connectivity index (χ2v) is 10.9. The lowest BCUT2D eigenvalue weighted by Crippen LogP contribution is -2.42. The smallest absolute Gasteiger partial charge is 0.322 e. The standard InChI is InChI=1S/C27H33Cl2N5O3/c1-17(2)15-33(26(36)31-25-20(28)8-7-9-21(25)29)16-24(35)30-23-14-22(27(3,4)5)32-34(23)18-10-12-19(37-6)13-11-18/h7-14,17H,15-16H2,1-6H3,(H,30,35)(H,31,36). The Bertz CT molecular complexity index is 1230. The van der Waals surface area contributed by atoms with Gasteiger partial charge < -0.3 is 20.3 Å². The number of amides is 3. The Kier molecular flexibility index (Phi) is 9.10. The Morgan fingerprint density at radius 2 is 1.68 bits per heavy atom. The molecular formula is C27H33Cl2N5O3. The molecule has 0 unspecified atom stereocenters. The zero-order valence-corrected chi connectivity index (χ0v) is 23.4. The van der Waals surface area contributed by atoms with E-state index in [0.29, 0.717) is 33.8 Å². The molecule has 0 bridgehead atoms. The molecule has 3 amide bonds. The van der Waals surface area contributed by atoms with Gasteiger partial charge in [-0.15, -0.1) is 0 Å². The third kappa shape index (κ3) is 7.40. The minimum Gasteiger partial charge on any atom is -0.497 e. The lowest BCUT2D eigenvalue weighted by atomic mass is 9.92. The van der Waals surface area contributed by atoms with Crippen LogP contribution in [0, 0.1) is 5.92 Å². The van der Waals surface area contributed by atoms with Gasteiger partial charge in [0, 0.05) is 18.0 Å². The van der Waals surface area contributed by atoms with E-state index in [1.54, 1.807) is 30.0 Å². The molecule has 8 nitrogen and oxygen atoms in total. The molecule has 0 fully saturated rings. The zero-order chi connectivity index (χ0) is 27.3. The fourth-order valence-corrected chi connectivity index (χ4v) is 4.07. The summed E-state index contributed by atoms with van der Waals surface area (Å²) in [6.45, 7) is 10.3. The van der Waals surface area contributed by atoms with E-state index < -0.39 is 6.03 Å². The van der Waals surface area contributed by atoms with Gasteiger partial charge in [0.15, 0.2) is 0 Å². The van der Waals surface area contributed by atoms with Gasteiger partial charge in [0.25, 0.3) is 0 Å². The van der Waals surface area contributed by atoms with Crippen molar-refractivity contribution in [1.29, 1.82) is 0 Å². The SMILES string of the molecule is COc1ccc(-n2nc(C(C)(C)C)cc2NC(=O)CN(CC(C)C)C(=O)Nc2c(Cl)cccc2Cl)cc1. The number of carbonyl (C=O) groups excluding carboxylic acids is 2. The number of nitrogens with zero attached hydrogens (tertiary/aromatic N) is 3. The van der Waals surface area contributed by atoms with Crippen molar-refractivity contribution in [3.05, 3.63) is 64.3 Å². The largest absolute Gasteiger partial charge is 0.497 e. The van der Waals surface area contributed by atoms with E-state index in [-0.39, 0.29) is 23.8 Å². The molecule has 10 heteroatoms. The van der Waals surface area contributed by atoms with Gasteiger partial charge in [-0.05, 0) is 42.3 Å². The fraction of sp³-hybridized carbons (Fsp3) is 0.370. The number of benzene rings is 2. The average Bonchev–Trinajstić information content (AvgIpc) is 3.25. The normalized spacial score (nSPS) is 11.4. The molecule has 0 saturated carbocycles. The van der Waals surface area contributed by atoms with Gasteiger partial charge in [0.2, 0.25) is 5.91 Å². The van der Waals surface area contributed by atoms with Gasteiger partial charge >= 0.3 is 6.03 Å². The van der Waals surface area contributed by atoms with Crippen molar-refractivity contribution in [2.75, 3.05) is 30.8 Å². The predicted molar refractivity (Wildman–Crippen MR) is 149 cm³/mol. The van der Waals surface area contributed by atoms with Crippen molar-refractivity contribution in [3.8, 4) is 11.4 Å². The Morgan fingerprint density at radius 1 is 1.05 bits per heavy atom. The third-order valence-corrected chi connectivity index (χ3v) is 6.09. The summed E-state index contributed by atoms with van der Waals surface area (Å²) >= 11 is 12.4. The van der Waals surface area contributed by atoms with Crippen LogP contribution >= 0.6 is 23.2 Å². The minimum absolute atomic E-state index is 0.123. The summed E-state index contributed by atoms with van der Waals surface area (Å²) in [5.74, 6) is 0.972. The van der Waals surface area contributed by atoms with E-state index >= 15 is 0 Å². The fourth-order valence-electron chi connectivity index (χ4n) is 3.58. The topological polar surface area (TPSA) is 88.5 Å². The van der Waals surface area contributed by atoms with Gasteiger partial charge in [-0.1, -0.05) is 63.9 Å². The average molecular weight is 546 g/mol. The predicted octanol–water partition coefficient (Wildman–Crippen LogP) is 6.61. The first kappa shape index (κ1) is 28.3. The highest BCUT2D eigenvalue weighted by Gasteiger charge is 2.24.